The van der Waals surface area contributed by atoms with Gasteiger partial charge in [-0.2, -0.15) is 0 Å². The Morgan fingerprint density at radius 1 is 1.46 bits per heavy atom. The molecule has 0 saturated carbocycles. The van der Waals surface area contributed by atoms with Crippen molar-refractivity contribution in [3.8, 4) is 0 Å². The minimum absolute atomic E-state index is 0.0423. The van der Waals surface area contributed by atoms with Crippen LogP contribution < -0.4 is 10.0 Å². The number of carbonyl (C=O) groups is 1. The first-order valence-electron chi connectivity index (χ1n) is 8.15. The fourth-order valence-corrected chi connectivity index (χ4v) is 4.93. The van der Waals surface area contributed by atoms with Gasteiger partial charge in [-0.15, -0.1) is 4.72 Å². The van der Waals surface area contributed by atoms with Gasteiger partial charge in [0.05, 0.1) is 5.54 Å². The second-order valence-electron chi connectivity index (χ2n) is 7.67. The Labute approximate surface area is 143 Å². The molecule has 3 heterocycles. The Morgan fingerprint density at radius 3 is 2.92 bits per heavy atom. The lowest BCUT2D eigenvalue weighted by molar-refractivity contribution is -0.141. The molecule has 0 radical (unpaired) electrons. The van der Waals surface area contributed by atoms with E-state index < -0.39 is 21.4 Å². The van der Waals surface area contributed by atoms with Crippen molar-refractivity contribution in [2.75, 3.05) is 25.0 Å². The summed E-state index contributed by atoms with van der Waals surface area (Å²) in [6, 6.07) is 3.14. The molecule has 24 heavy (non-hydrogen) atoms. The summed E-state index contributed by atoms with van der Waals surface area (Å²) >= 11 is 0. The predicted octanol–water partition coefficient (Wildman–Crippen LogP) is 1.41. The molecule has 2 aliphatic rings. The summed E-state index contributed by atoms with van der Waals surface area (Å²) in [6.45, 7) is 7.07. The molecule has 2 aliphatic heterocycles. The van der Waals surface area contributed by atoms with Crippen molar-refractivity contribution < 1.29 is 13.6 Å². The Bertz CT molecular complexity index is 703. The molecule has 132 valence electrons. The number of hydrogen-bond acceptors (Lipinski definition) is 5. The quantitative estimate of drug-likeness (QED) is 0.688. The summed E-state index contributed by atoms with van der Waals surface area (Å²) in [7, 11) is -3.68. The Morgan fingerprint density at radius 2 is 2.21 bits per heavy atom. The van der Waals surface area contributed by atoms with Gasteiger partial charge in [-0.25, -0.2) is 4.98 Å². The van der Waals surface area contributed by atoms with Crippen LogP contribution in [0.4, 0.5) is 5.82 Å². The van der Waals surface area contributed by atoms with E-state index in [2.05, 4.69) is 15.0 Å². The van der Waals surface area contributed by atoms with Gasteiger partial charge in [-0.05, 0) is 18.9 Å². The van der Waals surface area contributed by atoms with Crippen molar-refractivity contribution >= 4 is 22.1 Å². The van der Waals surface area contributed by atoms with Crippen LogP contribution in [0.1, 0.15) is 33.6 Å². The van der Waals surface area contributed by atoms with Crippen LogP contribution in [0.15, 0.2) is 23.2 Å². The molecule has 8 heteroatoms. The molecule has 1 aromatic rings. The highest BCUT2D eigenvalue weighted by molar-refractivity contribution is 7.96. The molecular weight excluding hydrogens is 328 g/mol. The van der Waals surface area contributed by atoms with Gasteiger partial charge >= 0.3 is 0 Å². The topological polar surface area (TPSA) is 97.4 Å². The van der Waals surface area contributed by atoms with Gasteiger partial charge in [0.15, 0.2) is 16.2 Å². The van der Waals surface area contributed by atoms with E-state index in [4.69, 9.17) is 0 Å². The maximum absolute atomic E-state index is 12.7. The van der Waals surface area contributed by atoms with E-state index in [0.29, 0.717) is 31.9 Å². The van der Waals surface area contributed by atoms with Crippen molar-refractivity contribution in [2.24, 2.45) is 5.41 Å². The molecule has 7 nitrogen and oxygen atoms in total. The smallest absolute Gasteiger partial charge is 0.228 e. The number of carbonyl (C=O) groups excluding carboxylic acids is 1. The summed E-state index contributed by atoms with van der Waals surface area (Å²) in [4.78, 5) is 18.7. The molecule has 0 aliphatic carbocycles. The highest BCUT2D eigenvalue weighted by Crippen LogP contribution is 2.33. The molecule has 0 bridgehead atoms. The zero-order chi connectivity index (χ0) is 17.6. The van der Waals surface area contributed by atoms with Crippen molar-refractivity contribution in [3.05, 3.63) is 18.3 Å². The number of amides is 1. The van der Waals surface area contributed by atoms with Gasteiger partial charge in [0.2, 0.25) is 10.8 Å². The first-order valence-corrected chi connectivity index (χ1v) is 9.64. The van der Waals surface area contributed by atoms with Gasteiger partial charge in [-0.1, -0.05) is 25.0 Å². The average Bonchev–Trinajstić information content (AvgIpc) is 2.61. The minimum Gasteiger partial charge on any atom is -0.593 e. The van der Waals surface area contributed by atoms with Gasteiger partial charge in [-0.3, -0.25) is 4.79 Å². The Balaban J connectivity index is 1.89. The zero-order valence-corrected chi connectivity index (χ0v) is 15.1. The minimum atomic E-state index is -3.68. The summed E-state index contributed by atoms with van der Waals surface area (Å²) in [6.07, 6.45) is 3.01. The third-order valence-corrected chi connectivity index (χ3v) is 6.12. The normalized spacial score (nSPS) is 30.4. The molecule has 3 rings (SSSR count). The molecule has 2 unspecified atom stereocenters. The van der Waals surface area contributed by atoms with Crippen LogP contribution in [0.25, 0.3) is 0 Å². The van der Waals surface area contributed by atoms with Gasteiger partial charge < -0.3 is 14.8 Å². The highest BCUT2D eigenvalue weighted by atomic mass is 32.3. The monoisotopic (exact) mass is 352 g/mol. The molecule has 0 aromatic carbocycles. The molecule has 2 atom stereocenters. The average molecular weight is 352 g/mol. The van der Waals surface area contributed by atoms with Crippen molar-refractivity contribution in [3.63, 3.8) is 0 Å². The SMILES string of the molecule is CC(C)(C)C(=O)N1CCCC2(CNc3ncccc3[S+](=O)([O-])N2)C1. The van der Waals surface area contributed by atoms with E-state index in [-0.39, 0.29) is 10.8 Å². The number of fused-ring (bicyclic) bond motifs is 1. The van der Waals surface area contributed by atoms with E-state index in [0.717, 1.165) is 6.42 Å². The van der Waals surface area contributed by atoms with Crippen LogP contribution in [-0.2, 0) is 19.4 Å². The van der Waals surface area contributed by atoms with Crippen LogP contribution in [0, 0.1) is 5.41 Å². The number of likely N-dealkylation sites (tertiary alicyclic amines) is 1. The van der Waals surface area contributed by atoms with Crippen molar-refractivity contribution in [1.29, 1.82) is 0 Å². The molecule has 1 saturated heterocycles. The van der Waals surface area contributed by atoms with E-state index in [1.807, 2.05) is 20.8 Å². The number of sulfonamides is 1. The van der Waals surface area contributed by atoms with E-state index in [9.17, 15) is 13.6 Å². The maximum atomic E-state index is 12.7. The van der Waals surface area contributed by atoms with E-state index >= 15 is 0 Å². The molecular formula is C16H24N4O3S. The van der Waals surface area contributed by atoms with Crippen LogP contribution in [-0.4, -0.2) is 45.5 Å². The lowest BCUT2D eigenvalue weighted by atomic mass is 9.87. The van der Waals surface area contributed by atoms with Gasteiger partial charge in [0.25, 0.3) is 0 Å². The Kier molecular flexibility index (Phi) is 4.17. The summed E-state index contributed by atoms with van der Waals surface area (Å²) in [5.74, 6) is 0.404. The molecule has 1 amide bonds. The number of nitrogens with zero attached hydrogens (tertiary/aromatic N) is 2. The summed E-state index contributed by atoms with van der Waals surface area (Å²) < 4.78 is 28.3. The van der Waals surface area contributed by atoms with Crippen molar-refractivity contribution in [1.82, 2.24) is 14.6 Å². The summed E-state index contributed by atoms with van der Waals surface area (Å²) in [5.41, 5.74) is -1.20. The fraction of sp³-hybridized carbons (Fsp3) is 0.625. The Hall–Kier alpha value is -1.51. The lowest BCUT2D eigenvalue weighted by Gasteiger charge is -2.43. The van der Waals surface area contributed by atoms with Gasteiger partial charge in [0.1, 0.15) is 0 Å². The third-order valence-electron chi connectivity index (χ3n) is 4.51. The van der Waals surface area contributed by atoms with Crippen molar-refractivity contribution in [2.45, 2.75) is 44.0 Å². The van der Waals surface area contributed by atoms with Crippen LogP contribution in [0.5, 0.6) is 0 Å². The number of piperidine rings is 1. The standard InChI is InChI=1S/C16H24N4O3S/c1-15(2,3)14(21)20-9-5-7-16(11-20)10-18-13-12(6-4-8-17-13)24(22,23)19-16/h4,6,8H,5,7,9-11H2,1-3H3,(H2-,17,18,19,22,23). The third kappa shape index (κ3) is 3.18. The molecule has 2 N–H and O–H groups in total. The molecule has 1 spiro atoms. The van der Waals surface area contributed by atoms with Crippen LogP contribution in [0.3, 0.4) is 0 Å². The van der Waals surface area contributed by atoms with Crippen LogP contribution in [0.2, 0.25) is 0 Å². The molecule has 1 aromatic heterocycles. The lowest BCUT2D eigenvalue weighted by Crippen LogP contribution is -2.63. The van der Waals surface area contributed by atoms with E-state index in [1.54, 1.807) is 17.2 Å². The number of aromatic nitrogens is 1. The van der Waals surface area contributed by atoms with Crippen LogP contribution >= 0.6 is 0 Å². The highest BCUT2D eigenvalue weighted by Gasteiger charge is 2.47. The van der Waals surface area contributed by atoms with Gasteiger partial charge in [0, 0.05) is 37.3 Å². The van der Waals surface area contributed by atoms with E-state index in [1.165, 1.54) is 6.07 Å². The summed E-state index contributed by atoms with van der Waals surface area (Å²) in [5, 5.41) is 3.15. The molecule has 1 fully saturated rings. The maximum Gasteiger partial charge on any atom is 0.228 e. The number of pyridine rings is 1. The zero-order valence-electron chi connectivity index (χ0n) is 14.3. The largest absolute Gasteiger partial charge is 0.593 e. The first-order chi connectivity index (χ1) is 11.1. The first kappa shape index (κ1) is 17.3. The predicted molar refractivity (Wildman–Crippen MR) is 91.0 cm³/mol. The number of anilines is 1. The number of rotatable bonds is 0. The fourth-order valence-electron chi connectivity index (χ4n) is 3.38. The number of hydrogen-bond donors (Lipinski definition) is 2. The number of nitrogens with one attached hydrogen (secondary N) is 2. The second kappa shape index (κ2) is 5.79. The second-order valence-corrected chi connectivity index (χ2v) is 9.32.